The highest BCUT2D eigenvalue weighted by Crippen LogP contribution is 2.33. The predicted molar refractivity (Wildman–Crippen MR) is 216 cm³/mol. The van der Waals surface area contributed by atoms with Crippen molar-refractivity contribution in [1.29, 1.82) is 0 Å². The number of nitrogens with one attached hydrogen (secondary N) is 3. The third-order valence-corrected chi connectivity index (χ3v) is 9.94. The Morgan fingerprint density at radius 1 is 0.778 bits per heavy atom. The molecule has 2 aromatic heterocycles. The molecule has 2 amide bonds. The van der Waals surface area contributed by atoms with Crippen molar-refractivity contribution >= 4 is 56.2 Å². The number of halogens is 1. The molecule has 0 aliphatic rings. The fourth-order valence-electron chi connectivity index (χ4n) is 7.07. The van der Waals surface area contributed by atoms with E-state index in [0.29, 0.717) is 35.2 Å². The number of benzene rings is 5. The lowest BCUT2D eigenvalue weighted by atomic mass is 9.97. The average Bonchev–Trinajstić information content (AvgIpc) is 3.78. The van der Waals surface area contributed by atoms with Gasteiger partial charge in [-0.1, -0.05) is 98.2 Å². The Balaban J connectivity index is 1.11. The van der Waals surface area contributed by atoms with Gasteiger partial charge in [-0.15, -0.1) is 0 Å². The Hall–Kier alpha value is -5.71. The third-order valence-electron chi connectivity index (χ3n) is 9.67. The number of ether oxygens (including phenoxy) is 1. The number of carbonyl (C=O) groups excluding carboxylic acids is 2. The first-order valence-electron chi connectivity index (χ1n) is 18.3. The largest absolute Gasteiger partial charge is 0.453 e. The van der Waals surface area contributed by atoms with Crippen LogP contribution in [0.25, 0.3) is 55.0 Å². The second-order valence-corrected chi connectivity index (χ2v) is 14.1. The summed E-state index contributed by atoms with van der Waals surface area (Å²) in [6, 6.07) is 31.7. The molecule has 7 rings (SSSR count). The van der Waals surface area contributed by atoms with Crippen LogP contribution in [0.2, 0.25) is 5.15 Å². The summed E-state index contributed by atoms with van der Waals surface area (Å²) in [6.45, 7) is 6.65. The molecule has 0 spiro atoms. The monoisotopic (exact) mass is 741 g/mol. The molecule has 10 nitrogen and oxygen atoms in total. The SMILES string of the molecule is CCCN(C)Cc1nc2c(ccc3cc(-c4ccc5cc(-c6nc(CN(CCC)C(=O)[C@H](NC(=O)OC)c7ccccc7)[nH]c6Cl)ccc5c4)ccc32)[nH]1. The van der Waals surface area contributed by atoms with Gasteiger partial charge in [-0.25, -0.2) is 14.8 Å². The van der Waals surface area contributed by atoms with E-state index >= 15 is 0 Å². The van der Waals surface area contributed by atoms with Crippen LogP contribution in [0.15, 0.2) is 97.1 Å². The van der Waals surface area contributed by atoms with E-state index in [9.17, 15) is 9.59 Å². The minimum Gasteiger partial charge on any atom is -0.453 e. The lowest BCUT2D eigenvalue weighted by molar-refractivity contribution is -0.134. The number of hydrogen-bond acceptors (Lipinski definition) is 6. The van der Waals surface area contributed by atoms with Gasteiger partial charge < -0.3 is 24.9 Å². The van der Waals surface area contributed by atoms with Gasteiger partial charge in [0.2, 0.25) is 5.91 Å². The van der Waals surface area contributed by atoms with Crippen molar-refractivity contribution in [3.63, 3.8) is 0 Å². The van der Waals surface area contributed by atoms with E-state index in [1.807, 2.05) is 31.2 Å². The number of aromatic nitrogens is 4. The number of amides is 2. The molecule has 0 fully saturated rings. The molecule has 0 saturated heterocycles. The minimum atomic E-state index is -0.918. The number of alkyl carbamates (subject to hydrolysis) is 1. The van der Waals surface area contributed by atoms with E-state index in [0.717, 1.165) is 74.6 Å². The van der Waals surface area contributed by atoms with E-state index in [1.165, 1.54) is 7.11 Å². The molecule has 5 aromatic carbocycles. The normalized spacial score (nSPS) is 12.1. The summed E-state index contributed by atoms with van der Waals surface area (Å²) >= 11 is 6.74. The number of fused-ring (bicyclic) bond motifs is 4. The molecular formula is C43H44ClN7O3. The molecule has 0 unspecified atom stereocenters. The molecule has 54 heavy (non-hydrogen) atoms. The highest BCUT2D eigenvalue weighted by molar-refractivity contribution is 6.32. The first-order valence-corrected chi connectivity index (χ1v) is 18.7. The number of carbonyl (C=O) groups is 2. The van der Waals surface area contributed by atoms with Gasteiger partial charge in [-0.3, -0.25) is 9.69 Å². The zero-order chi connectivity index (χ0) is 37.8. The fourth-order valence-corrected chi connectivity index (χ4v) is 7.33. The summed E-state index contributed by atoms with van der Waals surface area (Å²) in [6.07, 6.45) is 1.14. The highest BCUT2D eigenvalue weighted by Gasteiger charge is 2.28. The van der Waals surface area contributed by atoms with Crippen molar-refractivity contribution in [2.45, 2.75) is 45.8 Å². The average molecular weight is 742 g/mol. The van der Waals surface area contributed by atoms with Gasteiger partial charge in [-0.2, -0.15) is 0 Å². The zero-order valence-corrected chi connectivity index (χ0v) is 31.7. The molecule has 0 radical (unpaired) electrons. The maximum absolute atomic E-state index is 13.9. The summed E-state index contributed by atoms with van der Waals surface area (Å²) < 4.78 is 4.82. The van der Waals surface area contributed by atoms with Crippen molar-refractivity contribution in [2.75, 3.05) is 27.2 Å². The first-order chi connectivity index (χ1) is 26.2. The van der Waals surface area contributed by atoms with Crippen molar-refractivity contribution in [3.05, 3.63) is 119 Å². The number of imidazole rings is 2. The van der Waals surface area contributed by atoms with Crippen LogP contribution < -0.4 is 5.32 Å². The topological polar surface area (TPSA) is 119 Å². The highest BCUT2D eigenvalue weighted by atomic mass is 35.5. The third kappa shape index (κ3) is 7.81. The lowest BCUT2D eigenvalue weighted by Crippen LogP contribution is -2.43. The molecule has 2 heterocycles. The minimum absolute atomic E-state index is 0.185. The molecule has 7 aromatic rings. The van der Waals surface area contributed by atoms with Crippen LogP contribution in [0.4, 0.5) is 4.79 Å². The number of hydrogen-bond donors (Lipinski definition) is 3. The quantitative estimate of drug-likeness (QED) is 0.108. The standard InChI is InChI=1S/C43H44ClN7O3/c1-5-20-50(3)25-36-45-35-19-17-32-23-31(16-18-34(32)40(35)47-36)28-12-13-30-24-33(15-14-29(30)22-28)38-41(44)48-37(46-38)26-51(21-6-2)42(52)39(49-43(53)54-4)27-10-8-7-9-11-27/h7-19,22-24,39H,5-6,20-21,25-26H2,1-4H3,(H,45,47)(H,46,48)(H,49,53)/t39-/m1/s1. The number of methoxy groups -OCH3 is 1. The van der Waals surface area contributed by atoms with Crippen molar-refractivity contribution < 1.29 is 14.3 Å². The number of nitrogens with zero attached hydrogens (tertiary/aromatic N) is 4. The maximum Gasteiger partial charge on any atom is 0.407 e. The first kappa shape index (κ1) is 36.6. The Labute approximate surface area is 319 Å². The van der Waals surface area contributed by atoms with Gasteiger partial charge in [0.25, 0.3) is 0 Å². The Bertz CT molecular complexity index is 2440. The van der Waals surface area contributed by atoms with Crippen LogP contribution in [0.3, 0.4) is 0 Å². The summed E-state index contributed by atoms with van der Waals surface area (Å²) in [5, 5.41) is 7.51. The van der Waals surface area contributed by atoms with Gasteiger partial charge in [0, 0.05) is 17.5 Å². The zero-order valence-electron chi connectivity index (χ0n) is 30.9. The Morgan fingerprint density at radius 2 is 1.43 bits per heavy atom. The van der Waals surface area contributed by atoms with Gasteiger partial charge in [0.05, 0.1) is 31.2 Å². The maximum atomic E-state index is 13.9. The van der Waals surface area contributed by atoms with Gasteiger partial charge >= 0.3 is 6.09 Å². The van der Waals surface area contributed by atoms with Crippen LogP contribution in [-0.2, 0) is 22.6 Å². The number of aromatic amines is 2. The molecule has 0 bridgehead atoms. The van der Waals surface area contributed by atoms with Crippen LogP contribution in [0.5, 0.6) is 0 Å². The van der Waals surface area contributed by atoms with E-state index in [-0.39, 0.29) is 12.5 Å². The van der Waals surface area contributed by atoms with Crippen molar-refractivity contribution in [2.24, 2.45) is 0 Å². The van der Waals surface area contributed by atoms with E-state index in [1.54, 1.807) is 17.0 Å². The van der Waals surface area contributed by atoms with E-state index < -0.39 is 12.1 Å². The molecule has 0 aliphatic carbocycles. The van der Waals surface area contributed by atoms with Gasteiger partial charge in [0.1, 0.15) is 28.5 Å². The Morgan fingerprint density at radius 3 is 2.15 bits per heavy atom. The fraction of sp³-hybridized carbons (Fsp3) is 0.256. The van der Waals surface area contributed by atoms with Crippen molar-refractivity contribution in [1.82, 2.24) is 35.1 Å². The van der Waals surface area contributed by atoms with Crippen LogP contribution in [0, 0.1) is 0 Å². The van der Waals surface area contributed by atoms with E-state index in [4.69, 9.17) is 26.3 Å². The molecule has 11 heteroatoms. The second kappa shape index (κ2) is 16.1. The van der Waals surface area contributed by atoms with Crippen LogP contribution in [-0.4, -0.2) is 69.0 Å². The van der Waals surface area contributed by atoms with Gasteiger partial charge in [-0.05, 0) is 83.5 Å². The molecule has 0 saturated carbocycles. The predicted octanol–water partition coefficient (Wildman–Crippen LogP) is 9.26. The molecule has 3 N–H and O–H groups in total. The second-order valence-electron chi connectivity index (χ2n) is 13.7. The summed E-state index contributed by atoms with van der Waals surface area (Å²) in [7, 11) is 3.40. The van der Waals surface area contributed by atoms with E-state index in [2.05, 4.69) is 94.8 Å². The van der Waals surface area contributed by atoms with Crippen molar-refractivity contribution in [3.8, 4) is 22.4 Å². The summed E-state index contributed by atoms with van der Waals surface area (Å²) in [5.41, 5.74) is 6.43. The molecule has 1 atom stereocenters. The summed E-state index contributed by atoms with van der Waals surface area (Å²) in [5.74, 6) is 1.25. The lowest BCUT2D eigenvalue weighted by Gasteiger charge is -2.27. The molecular weight excluding hydrogens is 698 g/mol. The van der Waals surface area contributed by atoms with Gasteiger partial charge in [0.15, 0.2) is 0 Å². The van der Waals surface area contributed by atoms with Crippen LogP contribution >= 0.6 is 11.6 Å². The molecule has 0 aliphatic heterocycles. The summed E-state index contributed by atoms with van der Waals surface area (Å²) in [4.78, 5) is 46.5. The number of rotatable bonds is 13. The van der Waals surface area contributed by atoms with Crippen LogP contribution in [0.1, 0.15) is 49.9 Å². The smallest absolute Gasteiger partial charge is 0.407 e. The Kier molecular flexibility index (Phi) is 10.9. The number of H-pyrrole nitrogens is 2. The molecule has 276 valence electrons.